The molecule has 1 N–H and O–H groups in total. The summed E-state index contributed by atoms with van der Waals surface area (Å²) < 4.78 is 12.7. The summed E-state index contributed by atoms with van der Waals surface area (Å²) in [5, 5.41) is 6.90. The van der Waals surface area contributed by atoms with Crippen molar-refractivity contribution in [1.29, 1.82) is 0 Å². The maximum atomic E-state index is 12.3. The predicted octanol–water partition coefficient (Wildman–Crippen LogP) is 2.00. The molecular formula is C15H17N3O3. The summed E-state index contributed by atoms with van der Waals surface area (Å²) >= 11 is 0. The molecule has 1 aromatic heterocycles. The van der Waals surface area contributed by atoms with Gasteiger partial charge in [0.2, 0.25) is 0 Å². The summed E-state index contributed by atoms with van der Waals surface area (Å²) in [6, 6.07) is 5.28. The van der Waals surface area contributed by atoms with E-state index in [0.29, 0.717) is 17.1 Å². The fourth-order valence-corrected chi connectivity index (χ4v) is 2.45. The summed E-state index contributed by atoms with van der Waals surface area (Å²) in [6.07, 6.45) is 2.65. The number of hydrogen-bond donors (Lipinski definition) is 1. The third-order valence-electron chi connectivity index (χ3n) is 3.40. The highest BCUT2D eigenvalue weighted by Crippen LogP contribution is 2.39. The van der Waals surface area contributed by atoms with Crippen molar-refractivity contribution in [2.45, 2.75) is 19.4 Å². The molecule has 1 atom stereocenters. The number of fused-ring (bicyclic) bond motifs is 1. The van der Waals surface area contributed by atoms with E-state index in [2.05, 4.69) is 10.4 Å². The van der Waals surface area contributed by atoms with Crippen LogP contribution in [-0.4, -0.2) is 28.9 Å². The Balaban J connectivity index is 1.89. The van der Waals surface area contributed by atoms with Crippen LogP contribution in [0.3, 0.4) is 0 Å². The summed E-state index contributed by atoms with van der Waals surface area (Å²) in [7, 11) is 3.37. The molecule has 1 aromatic carbocycles. The monoisotopic (exact) mass is 287 g/mol. The first-order valence-electron chi connectivity index (χ1n) is 6.75. The van der Waals surface area contributed by atoms with E-state index in [4.69, 9.17) is 9.47 Å². The van der Waals surface area contributed by atoms with Crippen LogP contribution in [-0.2, 0) is 13.5 Å². The highest BCUT2D eigenvalue weighted by Gasteiger charge is 2.25. The molecular weight excluding hydrogens is 270 g/mol. The molecule has 1 aliphatic heterocycles. The first kappa shape index (κ1) is 13.5. The second kappa shape index (κ2) is 5.12. The van der Waals surface area contributed by atoms with E-state index in [1.54, 1.807) is 37.2 Å². The number of benzene rings is 1. The van der Waals surface area contributed by atoms with Crippen LogP contribution in [0.25, 0.3) is 0 Å². The van der Waals surface area contributed by atoms with E-state index < -0.39 is 0 Å². The van der Waals surface area contributed by atoms with E-state index in [0.717, 1.165) is 17.7 Å². The maximum absolute atomic E-state index is 12.3. The van der Waals surface area contributed by atoms with Gasteiger partial charge < -0.3 is 14.8 Å². The molecule has 0 aliphatic carbocycles. The van der Waals surface area contributed by atoms with Crippen molar-refractivity contribution >= 4 is 11.7 Å². The van der Waals surface area contributed by atoms with E-state index in [9.17, 15) is 4.79 Å². The van der Waals surface area contributed by atoms with Crippen molar-refractivity contribution < 1.29 is 14.3 Å². The minimum atomic E-state index is -0.214. The van der Waals surface area contributed by atoms with Crippen molar-refractivity contribution in [2.24, 2.45) is 7.05 Å². The average molecular weight is 287 g/mol. The third kappa shape index (κ3) is 2.56. The number of aryl methyl sites for hydroxylation is 1. The lowest BCUT2D eigenvalue weighted by atomic mass is 10.1. The molecule has 21 heavy (non-hydrogen) atoms. The lowest BCUT2D eigenvalue weighted by molar-refractivity contribution is 0.102. The van der Waals surface area contributed by atoms with E-state index >= 15 is 0 Å². The second-order valence-electron chi connectivity index (χ2n) is 5.13. The van der Waals surface area contributed by atoms with Gasteiger partial charge >= 0.3 is 0 Å². The van der Waals surface area contributed by atoms with Crippen LogP contribution in [0.4, 0.5) is 5.82 Å². The molecule has 2 aromatic rings. The number of nitrogens with one attached hydrogen (secondary N) is 1. The van der Waals surface area contributed by atoms with Gasteiger partial charge in [0.1, 0.15) is 6.10 Å². The van der Waals surface area contributed by atoms with Gasteiger partial charge in [0.05, 0.1) is 7.11 Å². The molecule has 3 rings (SSSR count). The summed E-state index contributed by atoms with van der Waals surface area (Å²) in [6.45, 7) is 1.99. The van der Waals surface area contributed by atoms with Crippen LogP contribution in [0.2, 0.25) is 0 Å². The Morgan fingerprint density at radius 3 is 3.00 bits per heavy atom. The normalized spacial score (nSPS) is 16.2. The van der Waals surface area contributed by atoms with E-state index in [1.807, 2.05) is 13.0 Å². The molecule has 2 heterocycles. The predicted molar refractivity (Wildman–Crippen MR) is 77.9 cm³/mol. The van der Waals surface area contributed by atoms with Gasteiger partial charge in [-0.15, -0.1) is 0 Å². The fraction of sp³-hybridized carbons (Fsp3) is 0.333. The molecule has 0 bridgehead atoms. The van der Waals surface area contributed by atoms with Gasteiger partial charge in [-0.3, -0.25) is 9.48 Å². The molecule has 0 spiro atoms. The Morgan fingerprint density at radius 2 is 2.33 bits per heavy atom. The standard InChI is InChI=1S/C15H17N3O3/c1-9-6-10-7-11(8-12(20-3)14(10)21-9)15(19)16-13-4-5-18(2)17-13/h4-5,7-9H,6H2,1-3H3,(H,16,17,19). The Labute approximate surface area is 122 Å². The fourth-order valence-electron chi connectivity index (χ4n) is 2.45. The highest BCUT2D eigenvalue weighted by atomic mass is 16.5. The van der Waals surface area contributed by atoms with Gasteiger partial charge in [-0.25, -0.2) is 0 Å². The van der Waals surface area contributed by atoms with Crippen LogP contribution < -0.4 is 14.8 Å². The highest BCUT2D eigenvalue weighted by molar-refractivity contribution is 6.04. The van der Waals surface area contributed by atoms with Crippen LogP contribution in [0.5, 0.6) is 11.5 Å². The van der Waals surface area contributed by atoms with Gasteiger partial charge in [0, 0.05) is 36.9 Å². The number of ether oxygens (including phenoxy) is 2. The molecule has 0 saturated carbocycles. The number of hydrogen-bond acceptors (Lipinski definition) is 4. The first-order chi connectivity index (χ1) is 10.1. The number of nitrogens with zero attached hydrogens (tertiary/aromatic N) is 2. The average Bonchev–Trinajstić information content (AvgIpc) is 3.02. The molecule has 110 valence electrons. The smallest absolute Gasteiger partial charge is 0.257 e. The van der Waals surface area contributed by atoms with Crippen molar-refractivity contribution in [1.82, 2.24) is 9.78 Å². The van der Waals surface area contributed by atoms with Gasteiger partial charge in [0.15, 0.2) is 17.3 Å². The van der Waals surface area contributed by atoms with E-state index in [1.165, 1.54) is 0 Å². The minimum absolute atomic E-state index is 0.100. The first-order valence-corrected chi connectivity index (χ1v) is 6.75. The molecule has 6 heteroatoms. The van der Waals surface area contributed by atoms with Crippen LogP contribution in [0.15, 0.2) is 24.4 Å². The Morgan fingerprint density at radius 1 is 1.52 bits per heavy atom. The maximum Gasteiger partial charge on any atom is 0.257 e. The van der Waals surface area contributed by atoms with Crippen LogP contribution in [0.1, 0.15) is 22.8 Å². The van der Waals surface area contributed by atoms with Crippen LogP contribution >= 0.6 is 0 Å². The molecule has 0 fully saturated rings. The molecule has 1 unspecified atom stereocenters. The lowest BCUT2D eigenvalue weighted by Crippen LogP contribution is -2.13. The number of methoxy groups -OCH3 is 1. The number of carbonyl (C=O) groups excluding carboxylic acids is 1. The van der Waals surface area contributed by atoms with Gasteiger partial charge in [-0.2, -0.15) is 5.10 Å². The number of amides is 1. The van der Waals surface area contributed by atoms with Crippen LogP contribution in [0, 0.1) is 0 Å². The molecule has 1 amide bonds. The van der Waals surface area contributed by atoms with Crippen molar-refractivity contribution in [3.63, 3.8) is 0 Å². The largest absolute Gasteiger partial charge is 0.493 e. The van der Waals surface area contributed by atoms with Gasteiger partial charge in [-0.1, -0.05) is 0 Å². The Kier molecular flexibility index (Phi) is 3.29. The summed E-state index contributed by atoms with van der Waals surface area (Å²) in [4.78, 5) is 12.3. The molecule has 0 saturated heterocycles. The summed E-state index contributed by atoms with van der Waals surface area (Å²) in [5.41, 5.74) is 1.53. The Bertz CT molecular complexity index is 693. The molecule has 6 nitrogen and oxygen atoms in total. The number of aromatic nitrogens is 2. The van der Waals surface area contributed by atoms with E-state index in [-0.39, 0.29) is 12.0 Å². The summed E-state index contributed by atoms with van der Waals surface area (Å²) in [5.74, 6) is 1.63. The minimum Gasteiger partial charge on any atom is -0.493 e. The van der Waals surface area contributed by atoms with Crippen molar-refractivity contribution in [3.8, 4) is 11.5 Å². The SMILES string of the molecule is COc1cc(C(=O)Nc2ccn(C)n2)cc2c1OC(C)C2. The zero-order valence-electron chi connectivity index (χ0n) is 12.2. The topological polar surface area (TPSA) is 65.4 Å². The lowest BCUT2D eigenvalue weighted by Gasteiger charge is -2.10. The number of rotatable bonds is 3. The number of anilines is 1. The molecule has 1 aliphatic rings. The van der Waals surface area contributed by atoms with Gasteiger partial charge in [0.25, 0.3) is 5.91 Å². The second-order valence-corrected chi connectivity index (χ2v) is 5.13. The van der Waals surface area contributed by atoms with Crippen molar-refractivity contribution in [3.05, 3.63) is 35.5 Å². The third-order valence-corrected chi connectivity index (χ3v) is 3.40. The Hall–Kier alpha value is -2.50. The van der Waals surface area contributed by atoms with Gasteiger partial charge in [-0.05, 0) is 19.1 Å². The zero-order valence-corrected chi connectivity index (χ0v) is 12.2. The number of carbonyl (C=O) groups is 1. The quantitative estimate of drug-likeness (QED) is 0.937. The molecule has 0 radical (unpaired) electrons. The zero-order chi connectivity index (χ0) is 15.0. The van der Waals surface area contributed by atoms with Crippen molar-refractivity contribution in [2.75, 3.05) is 12.4 Å².